The molecule has 0 amide bonds. The molecule has 11 heavy (non-hydrogen) atoms. The van der Waals surface area contributed by atoms with Gasteiger partial charge in [-0.05, 0) is 24.7 Å². The summed E-state index contributed by atoms with van der Waals surface area (Å²) < 4.78 is 0. The van der Waals surface area contributed by atoms with E-state index in [1.165, 1.54) is 19.3 Å². The van der Waals surface area contributed by atoms with E-state index < -0.39 is 0 Å². The van der Waals surface area contributed by atoms with Crippen LogP contribution < -0.4 is 5.32 Å². The molecule has 0 saturated heterocycles. The van der Waals surface area contributed by atoms with Crippen molar-refractivity contribution >= 4 is 0 Å². The molecule has 1 rings (SSSR count). The lowest BCUT2D eigenvalue weighted by atomic mass is 10.1. The van der Waals surface area contributed by atoms with Crippen molar-refractivity contribution in [2.24, 2.45) is 5.41 Å². The highest BCUT2D eigenvalue weighted by atomic mass is 15.0. The van der Waals surface area contributed by atoms with Gasteiger partial charge < -0.3 is 5.32 Å². The van der Waals surface area contributed by atoms with Crippen LogP contribution in [0.5, 0.6) is 0 Å². The Labute approximate surface area is 70.6 Å². The molecule has 1 unspecified atom stereocenters. The lowest BCUT2D eigenvalue weighted by Crippen LogP contribution is -2.31. The zero-order valence-corrected chi connectivity index (χ0v) is 8.28. The van der Waals surface area contributed by atoms with Crippen molar-refractivity contribution < 1.29 is 0 Å². The standard InChI is InChI=1S/C10H21N/c1-5-8(6-2)11-9-7-10(9,3)4/h8-9,11H,5-7H2,1-4H3. The Kier molecular flexibility index (Phi) is 2.58. The third-order valence-corrected chi connectivity index (χ3v) is 2.94. The van der Waals surface area contributed by atoms with E-state index in [2.05, 4.69) is 33.0 Å². The number of hydrogen-bond acceptors (Lipinski definition) is 1. The van der Waals surface area contributed by atoms with Crippen LogP contribution >= 0.6 is 0 Å². The van der Waals surface area contributed by atoms with E-state index in [1.54, 1.807) is 0 Å². The molecular formula is C10H21N. The van der Waals surface area contributed by atoms with E-state index >= 15 is 0 Å². The first-order valence-corrected chi connectivity index (χ1v) is 4.86. The lowest BCUT2D eigenvalue weighted by molar-refractivity contribution is 0.440. The molecule has 1 atom stereocenters. The van der Waals surface area contributed by atoms with Gasteiger partial charge >= 0.3 is 0 Å². The predicted molar refractivity (Wildman–Crippen MR) is 49.7 cm³/mol. The lowest BCUT2D eigenvalue weighted by Gasteiger charge is -2.15. The van der Waals surface area contributed by atoms with Gasteiger partial charge in [0.25, 0.3) is 0 Å². The average molecular weight is 155 g/mol. The van der Waals surface area contributed by atoms with Crippen LogP contribution in [0, 0.1) is 5.41 Å². The zero-order chi connectivity index (χ0) is 8.48. The van der Waals surface area contributed by atoms with Crippen LogP contribution in [0.1, 0.15) is 47.0 Å². The summed E-state index contributed by atoms with van der Waals surface area (Å²) in [6, 6.07) is 1.55. The van der Waals surface area contributed by atoms with Gasteiger partial charge in [0, 0.05) is 12.1 Å². The van der Waals surface area contributed by atoms with Crippen LogP contribution in [0.4, 0.5) is 0 Å². The minimum Gasteiger partial charge on any atom is -0.311 e. The minimum atomic E-state index is 0.586. The quantitative estimate of drug-likeness (QED) is 0.658. The van der Waals surface area contributed by atoms with Crippen LogP contribution in [0.3, 0.4) is 0 Å². The third-order valence-electron chi connectivity index (χ3n) is 2.94. The van der Waals surface area contributed by atoms with E-state index in [1.807, 2.05) is 0 Å². The molecule has 0 radical (unpaired) electrons. The Morgan fingerprint density at radius 1 is 1.36 bits per heavy atom. The van der Waals surface area contributed by atoms with Gasteiger partial charge in [-0.1, -0.05) is 27.7 Å². The van der Waals surface area contributed by atoms with Crippen LogP contribution in [0.2, 0.25) is 0 Å². The van der Waals surface area contributed by atoms with Crippen LogP contribution in [0.25, 0.3) is 0 Å². The fourth-order valence-electron chi connectivity index (χ4n) is 1.56. The molecule has 1 heteroatoms. The van der Waals surface area contributed by atoms with Gasteiger partial charge in [-0.3, -0.25) is 0 Å². The Bertz CT molecular complexity index is 125. The molecule has 66 valence electrons. The maximum Gasteiger partial charge on any atom is 0.0127 e. The Morgan fingerprint density at radius 3 is 2.09 bits per heavy atom. The summed E-state index contributed by atoms with van der Waals surface area (Å²) in [4.78, 5) is 0. The fraction of sp³-hybridized carbons (Fsp3) is 1.00. The van der Waals surface area contributed by atoms with Crippen LogP contribution in [0.15, 0.2) is 0 Å². The van der Waals surface area contributed by atoms with Crippen molar-refractivity contribution in [2.75, 3.05) is 0 Å². The smallest absolute Gasteiger partial charge is 0.0127 e. The highest BCUT2D eigenvalue weighted by Crippen LogP contribution is 2.44. The second-order valence-electron chi connectivity index (χ2n) is 4.43. The molecule has 1 nitrogen and oxygen atoms in total. The maximum absolute atomic E-state index is 3.68. The van der Waals surface area contributed by atoms with Crippen molar-refractivity contribution in [1.82, 2.24) is 5.32 Å². The summed E-state index contributed by atoms with van der Waals surface area (Å²) >= 11 is 0. The molecule has 1 aliphatic rings. The van der Waals surface area contributed by atoms with Gasteiger partial charge in [0.05, 0.1) is 0 Å². The van der Waals surface area contributed by atoms with Crippen molar-refractivity contribution in [1.29, 1.82) is 0 Å². The van der Waals surface area contributed by atoms with E-state index in [-0.39, 0.29) is 0 Å². The van der Waals surface area contributed by atoms with Crippen molar-refractivity contribution in [3.8, 4) is 0 Å². The summed E-state index contributed by atoms with van der Waals surface area (Å²) in [6.45, 7) is 9.20. The Hall–Kier alpha value is -0.0400. The first kappa shape index (κ1) is 9.05. The fourth-order valence-corrected chi connectivity index (χ4v) is 1.56. The molecule has 1 fully saturated rings. The molecule has 1 aliphatic carbocycles. The second kappa shape index (κ2) is 3.14. The molecule has 1 N–H and O–H groups in total. The van der Waals surface area contributed by atoms with Gasteiger partial charge in [0.1, 0.15) is 0 Å². The monoisotopic (exact) mass is 155 g/mol. The molecule has 0 bridgehead atoms. The molecule has 0 aliphatic heterocycles. The van der Waals surface area contributed by atoms with E-state index in [9.17, 15) is 0 Å². The average Bonchev–Trinajstić information content (AvgIpc) is 2.54. The number of rotatable bonds is 4. The predicted octanol–water partition coefficient (Wildman–Crippen LogP) is 2.56. The summed E-state index contributed by atoms with van der Waals surface area (Å²) in [7, 11) is 0. The summed E-state index contributed by atoms with van der Waals surface area (Å²) in [5.74, 6) is 0. The van der Waals surface area contributed by atoms with E-state index in [4.69, 9.17) is 0 Å². The zero-order valence-electron chi connectivity index (χ0n) is 8.28. The van der Waals surface area contributed by atoms with Gasteiger partial charge in [-0.2, -0.15) is 0 Å². The number of hydrogen-bond donors (Lipinski definition) is 1. The van der Waals surface area contributed by atoms with E-state index in [0.29, 0.717) is 5.41 Å². The molecule has 0 aromatic rings. The third kappa shape index (κ3) is 2.19. The molecule has 0 heterocycles. The number of nitrogens with one attached hydrogen (secondary N) is 1. The highest BCUT2D eigenvalue weighted by molar-refractivity contribution is 5.02. The normalized spacial score (nSPS) is 27.5. The van der Waals surface area contributed by atoms with Gasteiger partial charge in [0.15, 0.2) is 0 Å². The SMILES string of the molecule is CCC(CC)NC1CC1(C)C. The first-order chi connectivity index (χ1) is 5.10. The second-order valence-corrected chi connectivity index (χ2v) is 4.43. The molecule has 0 spiro atoms. The van der Waals surface area contributed by atoms with Crippen molar-refractivity contribution in [3.63, 3.8) is 0 Å². The maximum atomic E-state index is 3.68. The Morgan fingerprint density at radius 2 is 1.82 bits per heavy atom. The van der Waals surface area contributed by atoms with Crippen LogP contribution in [-0.4, -0.2) is 12.1 Å². The summed E-state index contributed by atoms with van der Waals surface area (Å²) in [5.41, 5.74) is 0.586. The summed E-state index contributed by atoms with van der Waals surface area (Å²) in [6.07, 6.45) is 3.90. The molecule has 1 saturated carbocycles. The molecule has 0 aromatic carbocycles. The van der Waals surface area contributed by atoms with Gasteiger partial charge in [-0.25, -0.2) is 0 Å². The van der Waals surface area contributed by atoms with Crippen molar-refractivity contribution in [2.45, 2.75) is 59.0 Å². The highest BCUT2D eigenvalue weighted by Gasteiger charge is 2.45. The largest absolute Gasteiger partial charge is 0.311 e. The molecular weight excluding hydrogens is 134 g/mol. The summed E-state index contributed by atoms with van der Waals surface area (Å²) in [5, 5.41) is 3.68. The van der Waals surface area contributed by atoms with Crippen molar-refractivity contribution in [3.05, 3.63) is 0 Å². The Balaban J connectivity index is 2.21. The van der Waals surface area contributed by atoms with Gasteiger partial charge in [-0.15, -0.1) is 0 Å². The molecule has 0 aromatic heterocycles. The van der Waals surface area contributed by atoms with Crippen LogP contribution in [-0.2, 0) is 0 Å². The first-order valence-electron chi connectivity index (χ1n) is 4.86. The van der Waals surface area contributed by atoms with Gasteiger partial charge in [0.2, 0.25) is 0 Å². The topological polar surface area (TPSA) is 12.0 Å². The van der Waals surface area contributed by atoms with E-state index in [0.717, 1.165) is 12.1 Å². The minimum absolute atomic E-state index is 0.586.